The smallest absolute Gasteiger partial charge is 0.326 e. The average Bonchev–Trinajstić information content (AvgIpc) is 2.35. The number of rotatable bonds is 6. The van der Waals surface area contributed by atoms with Crippen molar-refractivity contribution in [3.05, 3.63) is 24.5 Å². The van der Waals surface area contributed by atoms with Gasteiger partial charge >= 0.3 is 12.0 Å². The van der Waals surface area contributed by atoms with E-state index in [1.807, 2.05) is 6.92 Å². The summed E-state index contributed by atoms with van der Waals surface area (Å²) in [6.45, 7) is 1.97. The fraction of sp³-hybridized carbons (Fsp3) is 0.417. The van der Waals surface area contributed by atoms with Crippen LogP contribution in [0.25, 0.3) is 0 Å². The molecule has 0 aromatic carbocycles. The highest BCUT2D eigenvalue weighted by Gasteiger charge is 2.18. The minimum Gasteiger partial charge on any atom is -0.480 e. The van der Waals surface area contributed by atoms with Gasteiger partial charge in [-0.3, -0.25) is 4.98 Å². The topological polar surface area (TPSA) is 91.3 Å². The first-order valence-electron chi connectivity index (χ1n) is 5.83. The van der Waals surface area contributed by atoms with Gasteiger partial charge in [-0.25, -0.2) is 9.59 Å². The highest BCUT2D eigenvalue weighted by atomic mass is 16.4. The number of nitrogens with zero attached hydrogens (tertiary/aromatic N) is 1. The number of carbonyl (C=O) groups is 2. The van der Waals surface area contributed by atoms with Crippen LogP contribution in [0.2, 0.25) is 0 Å². The van der Waals surface area contributed by atoms with Gasteiger partial charge in [-0.15, -0.1) is 0 Å². The summed E-state index contributed by atoms with van der Waals surface area (Å²) < 4.78 is 0. The van der Waals surface area contributed by atoms with E-state index in [4.69, 9.17) is 5.11 Å². The number of aliphatic carboxylic acids is 1. The molecule has 0 radical (unpaired) electrons. The molecule has 2 amide bonds. The molecule has 0 aliphatic heterocycles. The first kappa shape index (κ1) is 14.0. The zero-order valence-electron chi connectivity index (χ0n) is 10.2. The molecule has 1 atom stereocenters. The van der Waals surface area contributed by atoms with Crippen molar-refractivity contribution in [1.82, 2.24) is 10.3 Å². The van der Waals surface area contributed by atoms with Crippen molar-refractivity contribution in [3.63, 3.8) is 0 Å². The van der Waals surface area contributed by atoms with E-state index in [1.165, 1.54) is 6.20 Å². The molecule has 0 fully saturated rings. The Morgan fingerprint density at radius 3 is 2.83 bits per heavy atom. The summed E-state index contributed by atoms with van der Waals surface area (Å²) in [5.41, 5.74) is 0.523. The van der Waals surface area contributed by atoms with Crippen LogP contribution in [-0.4, -0.2) is 28.1 Å². The number of pyridine rings is 1. The number of anilines is 1. The van der Waals surface area contributed by atoms with E-state index in [1.54, 1.807) is 18.3 Å². The molecule has 0 aliphatic carbocycles. The lowest BCUT2D eigenvalue weighted by Crippen LogP contribution is -2.42. The number of unbranched alkanes of at least 4 members (excludes halogenated alkanes) is 1. The Hall–Kier alpha value is -2.11. The van der Waals surface area contributed by atoms with Crippen LogP contribution in [0.5, 0.6) is 0 Å². The summed E-state index contributed by atoms with van der Waals surface area (Å²) in [5.74, 6) is -1.02. The van der Waals surface area contributed by atoms with Crippen molar-refractivity contribution in [2.75, 3.05) is 5.32 Å². The van der Waals surface area contributed by atoms with Crippen molar-refractivity contribution in [3.8, 4) is 0 Å². The molecule has 1 heterocycles. The predicted octanol–water partition coefficient (Wildman–Crippen LogP) is 1.85. The van der Waals surface area contributed by atoms with Gasteiger partial charge in [-0.05, 0) is 18.6 Å². The molecule has 6 heteroatoms. The SMILES string of the molecule is CCCC[C@H](NC(=O)Nc1cccnc1)C(=O)O. The maximum Gasteiger partial charge on any atom is 0.326 e. The number of amides is 2. The minimum absolute atomic E-state index is 0.423. The van der Waals surface area contributed by atoms with Crippen molar-refractivity contribution < 1.29 is 14.7 Å². The van der Waals surface area contributed by atoms with Gasteiger partial charge in [-0.2, -0.15) is 0 Å². The monoisotopic (exact) mass is 251 g/mol. The molecule has 18 heavy (non-hydrogen) atoms. The van der Waals surface area contributed by atoms with Crippen LogP contribution in [0.3, 0.4) is 0 Å². The van der Waals surface area contributed by atoms with E-state index in [0.29, 0.717) is 12.1 Å². The molecule has 1 rings (SSSR count). The second-order valence-electron chi connectivity index (χ2n) is 3.87. The maximum absolute atomic E-state index is 11.6. The highest BCUT2D eigenvalue weighted by Crippen LogP contribution is 2.04. The summed E-state index contributed by atoms with van der Waals surface area (Å²) in [6, 6.07) is 1.96. The molecular weight excluding hydrogens is 234 g/mol. The van der Waals surface area contributed by atoms with Crippen molar-refractivity contribution >= 4 is 17.7 Å². The molecular formula is C12H17N3O3. The van der Waals surface area contributed by atoms with Crippen molar-refractivity contribution in [2.24, 2.45) is 0 Å². The molecule has 0 saturated carbocycles. The van der Waals surface area contributed by atoms with E-state index >= 15 is 0 Å². The quantitative estimate of drug-likeness (QED) is 0.719. The number of hydrogen-bond acceptors (Lipinski definition) is 3. The second-order valence-corrected chi connectivity index (χ2v) is 3.87. The summed E-state index contributed by atoms with van der Waals surface area (Å²) in [5, 5.41) is 13.9. The zero-order chi connectivity index (χ0) is 13.4. The molecule has 0 aliphatic rings. The Kier molecular flexibility index (Phi) is 5.63. The maximum atomic E-state index is 11.6. The Bertz CT molecular complexity index is 395. The number of aromatic nitrogens is 1. The Balaban J connectivity index is 2.48. The lowest BCUT2D eigenvalue weighted by Gasteiger charge is -2.14. The molecule has 0 bridgehead atoms. The van der Waals surface area contributed by atoms with Gasteiger partial charge in [0.15, 0.2) is 0 Å². The number of nitrogens with one attached hydrogen (secondary N) is 2. The van der Waals surface area contributed by atoms with Gasteiger partial charge in [0.05, 0.1) is 11.9 Å². The third-order valence-electron chi connectivity index (χ3n) is 2.37. The van der Waals surface area contributed by atoms with E-state index in [2.05, 4.69) is 15.6 Å². The lowest BCUT2D eigenvalue weighted by molar-refractivity contribution is -0.139. The predicted molar refractivity (Wildman–Crippen MR) is 67.3 cm³/mol. The standard InChI is InChI=1S/C12H17N3O3/c1-2-3-6-10(11(16)17)15-12(18)14-9-5-4-7-13-8-9/h4-5,7-8,10H,2-3,6H2,1H3,(H,16,17)(H2,14,15,18)/t10-/m0/s1. The fourth-order valence-electron chi connectivity index (χ4n) is 1.43. The molecule has 1 aromatic heterocycles. The Morgan fingerprint density at radius 1 is 1.50 bits per heavy atom. The fourth-order valence-corrected chi connectivity index (χ4v) is 1.43. The average molecular weight is 251 g/mol. The minimum atomic E-state index is -1.02. The van der Waals surface area contributed by atoms with Crippen LogP contribution >= 0.6 is 0 Å². The number of carbonyl (C=O) groups excluding carboxylic acids is 1. The van der Waals surface area contributed by atoms with E-state index in [-0.39, 0.29) is 0 Å². The molecule has 6 nitrogen and oxygen atoms in total. The third kappa shape index (κ3) is 4.82. The normalized spacial score (nSPS) is 11.6. The van der Waals surface area contributed by atoms with Crippen molar-refractivity contribution in [2.45, 2.75) is 32.2 Å². The van der Waals surface area contributed by atoms with Crippen LogP contribution in [0.1, 0.15) is 26.2 Å². The van der Waals surface area contributed by atoms with Gasteiger partial charge in [0, 0.05) is 6.20 Å². The Morgan fingerprint density at radius 2 is 2.28 bits per heavy atom. The molecule has 0 unspecified atom stereocenters. The van der Waals surface area contributed by atoms with Gasteiger partial charge in [0.1, 0.15) is 6.04 Å². The first-order valence-corrected chi connectivity index (χ1v) is 5.83. The van der Waals surface area contributed by atoms with Gasteiger partial charge < -0.3 is 15.7 Å². The van der Waals surface area contributed by atoms with Crippen LogP contribution in [-0.2, 0) is 4.79 Å². The van der Waals surface area contributed by atoms with Crippen LogP contribution in [0, 0.1) is 0 Å². The third-order valence-corrected chi connectivity index (χ3v) is 2.37. The number of carboxylic acid groups (broad SMARTS) is 1. The number of carboxylic acids is 1. The Labute approximate surface area is 105 Å². The van der Waals surface area contributed by atoms with Crippen molar-refractivity contribution in [1.29, 1.82) is 0 Å². The number of urea groups is 1. The first-order chi connectivity index (χ1) is 8.63. The van der Waals surface area contributed by atoms with Crippen LogP contribution < -0.4 is 10.6 Å². The van der Waals surface area contributed by atoms with Crippen LogP contribution in [0.15, 0.2) is 24.5 Å². The lowest BCUT2D eigenvalue weighted by atomic mass is 10.1. The molecule has 3 N–H and O–H groups in total. The van der Waals surface area contributed by atoms with Gasteiger partial charge in [0.25, 0.3) is 0 Å². The number of hydrogen-bond donors (Lipinski definition) is 3. The van der Waals surface area contributed by atoms with Gasteiger partial charge in [-0.1, -0.05) is 19.8 Å². The summed E-state index contributed by atoms with van der Waals surface area (Å²) in [6.07, 6.45) is 5.14. The molecule has 98 valence electrons. The van der Waals surface area contributed by atoms with E-state index in [9.17, 15) is 9.59 Å². The molecule has 0 saturated heterocycles. The van der Waals surface area contributed by atoms with Crippen LogP contribution in [0.4, 0.5) is 10.5 Å². The molecule has 0 spiro atoms. The summed E-state index contributed by atoms with van der Waals surface area (Å²) in [7, 11) is 0. The zero-order valence-corrected chi connectivity index (χ0v) is 10.2. The summed E-state index contributed by atoms with van der Waals surface area (Å²) in [4.78, 5) is 26.4. The van der Waals surface area contributed by atoms with E-state index in [0.717, 1.165) is 12.8 Å². The van der Waals surface area contributed by atoms with E-state index < -0.39 is 18.0 Å². The summed E-state index contributed by atoms with van der Waals surface area (Å²) >= 11 is 0. The second kappa shape index (κ2) is 7.26. The van der Waals surface area contributed by atoms with Gasteiger partial charge in [0.2, 0.25) is 0 Å². The molecule has 1 aromatic rings. The largest absolute Gasteiger partial charge is 0.480 e. The highest BCUT2D eigenvalue weighted by molar-refractivity contribution is 5.92.